The largest absolute Gasteiger partial charge is 0.573 e. The normalized spacial score (nSPS) is 11.9. The number of hydrogen-bond donors (Lipinski definition) is 2. The lowest BCUT2D eigenvalue weighted by Crippen LogP contribution is -2.32. The highest BCUT2D eigenvalue weighted by atomic mass is 32.2. The first-order chi connectivity index (χ1) is 16.4. The second kappa shape index (κ2) is 9.78. The topological polar surface area (TPSA) is 178 Å². The van der Waals surface area contributed by atoms with E-state index >= 15 is 0 Å². The lowest BCUT2D eigenvalue weighted by molar-refractivity contribution is -0.730. The van der Waals surface area contributed by atoms with E-state index in [-0.39, 0.29) is 38.9 Å². The van der Waals surface area contributed by atoms with E-state index in [1.54, 1.807) is 6.07 Å². The fraction of sp³-hybridized carbons (Fsp3) is 0.200. The molecule has 0 saturated heterocycles. The van der Waals surface area contributed by atoms with Crippen molar-refractivity contribution in [3.63, 3.8) is 0 Å². The molecule has 1 atom stereocenters. The number of alkyl halides is 3. The number of nitrogens with two attached hydrogens (primary N) is 1. The minimum Gasteiger partial charge on any atom is -0.539 e. The number of carbonyl (C=O) groups excluding carboxylic acids is 1. The molecule has 0 aliphatic rings. The van der Waals surface area contributed by atoms with Crippen LogP contribution in [0.4, 0.5) is 24.7 Å². The maximum absolute atomic E-state index is 12.6. The quantitative estimate of drug-likeness (QED) is 0.372. The molecule has 3 aromatic rings. The first-order valence-corrected chi connectivity index (χ1v) is 10.3. The van der Waals surface area contributed by atoms with Crippen LogP contribution in [-0.2, 0) is 11.8 Å². The Morgan fingerprint density at radius 2 is 1.91 bits per heavy atom. The molecule has 2 aromatic heterocycles. The van der Waals surface area contributed by atoms with E-state index in [1.807, 2.05) is 6.07 Å². The number of amides is 1. The number of ether oxygens (including phenoxy) is 1. The molecule has 0 fully saturated rings. The molecule has 0 aliphatic heterocycles. The van der Waals surface area contributed by atoms with Crippen molar-refractivity contribution in [3.8, 4) is 35.1 Å². The summed E-state index contributed by atoms with van der Waals surface area (Å²) in [6.45, 7) is 1.48. The monoisotopic (exact) mass is 505 g/mol. The molecule has 1 aromatic carbocycles. The third-order valence-corrected chi connectivity index (χ3v) is 5.51. The number of nitrogen functional groups attached to an aromatic ring is 1. The summed E-state index contributed by atoms with van der Waals surface area (Å²) in [6, 6.07) is 8.18. The van der Waals surface area contributed by atoms with Crippen LogP contribution in [0.15, 0.2) is 33.8 Å². The van der Waals surface area contributed by atoms with E-state index in [4.69, 9.17) is 5.73 Å². The summed E-state index contributed by atoms with van der Waals surface area (Å²) in [5, 5.41) is 36.5. The SMILES string of the molecule is CC(Sc1nc(N)c(C#N)c(-c2c([O-])on[n+]2C)c1C#N)C(=O)Nc1ccc(OC(F)(F)F)cc1. The van der Waals surface area contributed by atoms with Gasteiger partial charge in [-0.2, -0.15) is 10.5 Å². The molecule has 2 heterocycles. The fourth-order valence-electron chi connectivity index (χ4n) is 2.90. The Balaban J connectivity index is 1.88. The van der Waals surface area contributed by atoms with Crippen LogP contribution in [0.3, 0.4) is 0 Å². The van der Waals surface area contributed by atoms with Crippen LogP contribution in [0.1, 0.15) is 18.1 Å². The minimum atomic E-state index is -4.85. The Bertz CT molecular complexity index is 1340. The van der Waals surface area contributed by atoms with E-state index < -0.39 is 29.2 Å². The zero-order valence-electron chi connectivity index (χ0n) is 17.9. The summed E-state index contributed by atoms with van der Waals surface area (Å²) in [5.74, 6) is -2.22. The highest BCUT2D eigenvalue weighted by molar-refractivity contribution is 8.00. The lowest BCUT2D eigenvalue weighted by atomic mass is 10.0. The number of hydrogen-bond acceptors (Lipinski definition) is 10. The van der Waals surface area contributed by atoms with Gasteiger partial charge in [-0.05, 0) is 31.2 Å². The second-order valence-electron chi connectivity index (χ2n) is 6.80. The predicted octanol–water partition coefficient (Wildman–Crippen LogP) is 1.98. The van der Waals surface area contributed by atoms with Gasteiger partial charge in [0.25, 0.3) is 5.69 Å². The van der Waals surface area contributed by atoms with Gasteiger partial charge in [0.05, 0.1) is 21.6 Å². The van der Waals surface area contributed by atoms with Crippen LogP contribution in [0.5, 0.6) is 11.7 Å². The molecule has 180 valence electrons. The van der Waals surface area contributed by atoms with Crippen molar-refractivity contribution in [2.45, 2.75) is 23.6 Å². The van der Waals surface area contributed by atoms with Crippen LogP contribution >= 0.6 is 11.8 Å². The van der Waals surface area contributed by atoms with Crippen molar-refractivity contribution >= 4 is 29.2 Å². The van der Waals surface area contributed by atoms with Crippen molar-refractivity contribution in [2.75, 3.05) is 11.1 Å². The highest BCUT2D eigenvalue weighted by Crippen LogP contribution is 2.38. The van der Waals surface area contributed by atoms with Crippen molar-refractivity contribution in [3.05, 3.63) is 35.4 Å². The number of pyridine rings is 1. The van der Waals surface area contributed by atoms with E-state index in [2.05, 4.69) is 24.8 Å². The van der Waals surface area contributed by atoms with Crippen LogP contribution in [0.25, 0.3) is 11.3 Å². The Labute approximate surface area is 199 Å². The van der Waals surface area contributed by atoms with E-state index in [9.17, 15) is 33.6 Å². The summed E-state index contributed by atoms with van der Waals surface area (Å²) < 4.78 is 46.3. The number of thioether (sulfide) groups is 1. The molecule has 3 rings (SSSR count). The van der Waals surface area contributed by atoms with E-state index in [0.29, 0.717) is 0 Å². The van der Waals surface area contributed by atoms with E-state index in [1.165, 1.54) is 26.1 Å². The molecule has 0 bridgehead atoms. The average molecular weight is 505 g/mol. The van der Waals surface area contributed by atoms with Crippen LogP contribution in [0, 0.1) is 22.7 Å². The number of halogens is 3. The van der Waals surface area contributed by atoms with Gasteiger partial charge in [-0.15, -0.1) is 13.2 Å². The van der Waals surface area contributed by atoms with Crippen molar-refractivity contribution in [1.82, 2.24) is 10.3 Å². The van der Waals surface area contributed by atoms with Crippen molar-refractivity contribution < 1.29 is 37.0 Å². The zero-order chi connectivity index (χ0) is 25.9. The molecule has 1 amide bonds. The molecule has 11 nitrogen and oxygen atoms in total. The lowest BCUT2D eigenvalue weighted by Gasteiger charge is -2.15. The van der Waals surface area contributed by atoms with Crippen LogP contribution < -0.4 is 25.6 Å². The minimum absolute atomic E-state index is 0.0313. The molecule has 0 saturated carbocycles. The third kappa shape index (κ3) is 5.53. The molecule has 35 heavy (non-hydrogen) atoms. The van der Waals surface area contributed by atoms with E-state index in [0.717, 1.165) is 28.6 Å². The number of anilines is 2. The number of rotatable bonds is 6. The summed E-state index contributed by atoms with van der Waals surface area (Å²) in [6.07, 6.45) is -4.85. The molecule has 1 unspecified atom stereocenters. The number of aromatic nitrogens is 3. The first kappa shape index (κ1) is 25.1. The van der Waals surface area contributed by atoms with Gasteiger partial charge >= 0.3 is 6.36 Å². The maximum atomic E-state index is 12.6. The Morgan fingerprint density at radius 1 is 1.29 bits per heavy atom. The van der Waals surface area contributed by atoms with Crippen LogP contribution in [0.2, 0.25) is 0 Å². The molecule has 3 N–H and O–H groups in total. The standard InChI is InChI=1S/C20H14F3N7O4S/c1-9(17(31)27-10-3-5-11(6-4-10)33-20(21,22)23)35-18-13(8-25)14(12(7-24)16(26)28-18)15-19(32)34-29-30(15)2/h3-6,9H,1-2H3,(H3-,26,27,28,29,31,32). The summed E-state index contributed by atoms with van der Waals surface area (Å²) >= 11 is 0.819. The number of nitrogens with one attached hydrogen (secondary N) is 1. The fourth-order valence-corrected chi connectivity index (χ4v) is 3.82. The summed E-state index contributed by atoms with van der Waals surface area (Å²) in [5.41, 5.74) is 5.32. The molecular formula is C20H14F3N7O4S. The molecule has 15 heteroatoms. The molecular weight excluding hydrogens is 491 g/mol. The van der Waals surface area contributed by atoms with Gasteiger partial charge in [-0.25, -0.2) is 4.98 Å². The highest BCUT2D eigenvalue weighted by Gasteiger charge is 2.32. The Kier molecular flexibility index (Phi) is 7.02. The smallest absolute Gasteiger partial charge is 0.539 e. The van der Waals surface area contributed by atoms with Gasteiger partial charge < -0.3 is 25.4 Å². The van der Waals surface area contributed by atoms with Crippen LogP contribution in [-0.4, -0.2) is 27.8 Å². The molecule has 0 spiro atoms. The third-order valence-electron chi connectivity index (χ3n) is 4.43. The average Bonchev–Trinajstić information content (AvgIpc) is 3.11. The number of carbonyl (C=O) groups is 1. The first-order valence-electron chi connectivity index (χ1n) is 9.45. The van der Waals surface area contributed by atoms with Gasteiger partial charge in [0, 0.05) is 5.69 Å². The molecule has 0 aliphatic carbocycles. The second-order valence-corrected chi connectivity index (χ2v) is 8.13. The number of nitrogens with zero attached hydrogens (tertiary/aromatic N) is 5. The van der Waals surface area contributed by atoms with Gasteiger partial charge in [0.1, 0.15) is 34.3 Å². The van der Waals surface area contributed by atoms with Gasteiger partial charge in [-0.3, -0.25) is 4.79 Å². The summed E-state index contributed by atoms with van der Waals surface area (Å²) in [4.78, 5) is 16.7. The maximum Gasteiger partial charge on any atom is 0.573 e. The Morgan fingerprint density at radius 3 is 2.43 bits per heavy atom. The summed E-state index contributed by atoms with van der Waals surface area (Å²) in [7, 11) is 1.37. The number of nitriles is 2. The zero-order valence-corrected chi connectivity index (χ0v) is 18.7. The van der Waals surface area contributed by atoms with Gasteiger partial charge in [0.15, 0.2) is 13.0 Å². The number of benzene rings is 1. The van der Waals surface area contributed by atoms with Gasteiger partial charge in [-0.1, -0.05) is 16.4 Å². The molecule has 0 radical (unpaired) electrons. The van der Waals surface area contributed by atoms with Crippen molar-refractivity contribution in [1.29, 1.82) is 10.5 Å². The van der Waals surface area contributed by atoms with Gasteiger partial charge in [0.2, 0.25) is 5.91 Å². The number of aryl methyl sites for hydroxylation is 1. The predicted molar refractivity (Wildman–Crippen MR) is 111 cm³/mol. The van der Waals surface area contributed by atoms with Crippen molar-refractivity contribution in [2.24, 2.45) is 7.05 Å². The Hall–Kier alpha value is -4.50.